The second kappa shape index (κ2) is 10.1. The van der Waals surface area contributed by atoms with Gasteiger partial charge >= 0.3 is 5.69 Å². The highest BCUT2D eigenvalue weighted by molar-refractivity contribution is 5.48. The molecule has 1 aromatic carbocycles. The average molecular weight is 296 g/mol. The second-order valence-corrected chi connectivity index (χ2v) is 4.87. The number of aliphatic hydroxyl groups is 1. The average Bonchev–Trinajstić information content (AvgIpc) is 2.47. The van der Waals surface area contributed by atoms with E-state index < -0.39 is 4.92 Å². The standard InChI is InChI=1S/C15H24N2O4/c1-2-8-16-12-13-6-7-14(17(19)20)15(11-13)21-10-5-3-4-9-18/h6-7,11,16,18H,2-5,8-10,12H2,1H3. The summed E-state index contributed by atoms with van der Waals surface area (Å²) in [5.74, 6) is 0.319. The third-order valence-electron chi connectivity index (χ3n) is 3.04. The predicted molar refractivity (Wildman–Crippen MR) is 81.5 cm³/mol. The highest BCUT2D eigenvalue weighted by atomic mass is 16.6. The third kappa shape index (κ3) is 6.55. The van der Waals surface area contributed by atoms with Crippen LogP contribution in [0, 0.1) is 10.1 Å². The smallest absolute Gasteiger partial charge is 0.310 e. The van der Waals surface area contributed by atoms with Crippen molar-refractivity contribution in [3.63, 3.8) is 0 Å². The van der Waals surface area contributed by atoms with E-state index in [0.717, 1.165) is 37.8 Å². The van der Waals surface area contributed by atoms with Crippen molar-refractivity contribution in [3.8, 4) is 5.75 Å². The van der Waals surface area contributed by atoms with Crippen molar-refractivity contribution in [2.24, 2.45) is 0 Å². The maximum Gasteiger partial charge on any atom is 0.310 e. The summed E-state index contributed by atoms with van der Waals surface area (Å²) in [6.07, 6.45) is 3.39. The molecule has 0 fully saturated rings. The Balaban J connectivity index is 2.62. The summed E-state index contributed by atoms with van der Waals surface area (Å²) < 4.78 is 5.54. The van der Waals surface area contributed by atoms with Crippen molar-refractivity contribution < 1.29 is 14.8 Å². The minimum Gasteiger partial charge on any atom is -0.487 e. The number of aliphatic hydroxyl groups excluding tert-OH is 1. The van der Waals surface area contributed by atoms with Gasteiger partial charge in [0.1, 0.15) is 0 Å². The number of benzene rings is 1. The molecule has 1 rings (SSSR count). The van der Waals surface area contributed by atoms with Crippen LogP contribution in [0.1, 0.15) is 38.2 Å². The first-order chi connectivity index (χ1) is 10.2. The lowest BCUT2D eigenvalue weighted by atomic mass is 10.2. The molecule has 0 saturated heterocycles. The molecule has 0 amide bonds. The molecule has 1 aromatic rings. The summed E-state index contributed by atoms with van der Waals surface area (Å²) >= 11 is 0. The van der Waals surface area contributed by atoms with Crippen molar-refractivity contribution in [2.45, 2.75) is 39.2 Å². The number of nitrogens with zero attached hydrogens (tertiary/aromatic N) is 1. The molecule has 0 spiro atoms. The van der Waals surface area contributed by atoms with E-state index in [4.69, 9.17) is 9.84 Å². The van der Waals surface area contributed by atoms with E-state index in [1.807, 2.05) is 0 Å². The van der Waals surface area contributed by atoms with Crippen LogP contribution in [0.5, 0.6) is 5.75 Å². The Labute approximate surface area is 125 Å². The van der Waals surface area contributed by atoms with Crippen LogP contribution in [0.15, 0.2) is 18.2 Å². The van der Waals surface area contributed by atoms with Gasteiger partial charge in [0, 0.05) is 19.2 Å². The van der Waals surface area contributed by atoms with Gasteiger partial charge in [-0.15, -0.1) is 0 Å². The molecule has 0 aliphatic rings. The van der Waals surface area contributed by atoms with Crippen LogP contribution in [0.3, 0.4) is 0 Å². The zero-order valence-corrected chi connectivity index (χ0v) is 12.5. The molecular formula is C15H24N2O4. The number of hydrogen-bond donors (Lipinski definition) is 2. The molecule has 0 heterocycles. The quantitative estimate of drug-likeness (QED) is 0.372. The number of unbranched alkanes of at least 4 members (excludes halogenated alkanes) is 2. The van der Waals surface area contributed by atoms with E-state index in [0.29, 0.717) is 18.9 Å². The Hall–Kier alpha value is -1.66. The summed E-state index contributed by atoms with van der Waals surface area (Å²) in [5.41, 5.74) is 0.968. The number of rotatable bonds is 11. The number of nitrogens with one attached hydrogen (secondary N) is 1. The van der Waals surface area contributed by atoms with E-state index in [1.54, 1.807) is 12.1 Å². The van der Waals surface area contributed by atoms with E-state index in [-0.39, 0.29) is 12.3 Å². The lowest BCUT2D eigenvalue weighted by Crippen LogP contribution is -2.14. The Morgan fingerprint density at radius 2 is 2.14 bits per heavy atom. The van der Waals surface area contributed by atoms with Gasteiger partial charge in [-0.2, -0.15) is 0 Å². The van der Waals surface area contributed by atoms with E-state index in [1.165, 1.54) is 6.07 Å². The molecular weight excluding hydrogens is 272 g/mol. The first kappa shape index (κ1) is 17.4. The molecule has 6 nitrogen and oxygen atoms in total. The molecule has 118 valence electrons. The summed E-state index contributed by atoms with van der Waals surface area (Å²) in [6, 6.07) is 4.97. The summed E-state index contributed by atoms with van der Waals surface area (Å²) in [6.45, 7) is 4.26. The monoisotopic (exact) mass is 296 g/mol. The SMILES string of the molecule is CCCNCc1ccc([N+](=O)[O-])c(OCCCCCO)c1. The Morgan fingerprint density at radius 1 is 1.33 bits per heavy atom. The van der Waals surface area contributed by atoms with Gasteiger partial charge in [-0.05, 0) is 43.9 Å². The minimum absolute atomic E-state index is 0.00333. The molecule has 0 atom stereocenters. The second-order valence-electron chi connectivity index (χ2n) is 4.87. The maximum atomic E-state index is 11.0. The largest absolute Gasteiger partial charge is 0.487 e. The minimum atomic E-state index is -0.424. The fraction of sp³-hybridized carbons (Fsp3) is 0.600. The zero-order chi connectivity index (χ0) is 15.5. The van der Waals surface area contributed by atoms with Gasteiger partial charge in [0.05, 0.1) is 11.5 Å². The normalized spacial score (nSPS) is 10.6. The van der Waals surface area contributed by atoms with Crippen LogP contribution in [0.25, 0.3) is 0 Å². The molecule has 0 radical (unpaired) electrons. The van der Waals surface area contributed by atoms with Crippen LogP contribution in [0.2, 0.25) is 0 Å². The number of hydrogen-bond acceptors (Lipinski definition) is 5. The van der Waals surface area contributed by atoms with E-state index in [2.05, 4.69) is 12.2 Å². The Bertz CT molecular complexity index is 438. The van der Waals surface area contributed by atoms with Crippen molar-refractivity contribution in [3.05, 3.63) is 33.9 Å². The van der Waals surface area contributed by atoms with Gasteiger partial charge in [-0.3, -0.25) is 10.1 Å². The van der Waals surface area contributed by atoms with Crippen LogP contribution < -0.4 is 10.1 Å². The molecule has 6 heteroatoms. The van der Waals surface area contributed by atoms with Gasteiger partial charge in [-0.25, -0.2) is 0 Å². The van der Waals surface area contributed by atoms with Crippen LogP contribution in [-0.2, 0) is 6.54 Å². The molecule has 0 unspecified atom stereocenters. The van der Waals surface area contributed by atoms with E-state index in [9.17, 15) is 10.1 Å². The fourth-order valence-corrected chi connectivity index (χ4v) is 1.92. The first-order valence-electron chi connectivity index (χ1n) is 7.40. The third-order valence-corrected chi connectivity index (χ3v) is 3.04. The van der Waals surface area contributed by atoms with Crippen LogP contribution in [0.4, 0.5) is 5.69 Å². The molecule has 0 bridgehead atoms. The fourth-order valence-electron chi connectivity index (χ4n) is 1.92. The van der Waals surface area contributed by atoms with Gasteiger partial charge in [0.2, 0.25) is 0 Å². The summed E-state index contributed by atoms with van der Waals surface area (Å²) in [5, 5.41) is 23.0. The summed E-state index contributed by atoms with van der Waals surface area (Å²) in [4.78, 5) is 10.6. The number of ether oxygens (including phenoxy) is 1. The lowest BCUT2D eigenvalue weighted by Gasteiger charge is -2.09. The summed E-state index contributed by atoms with van der Waals surface area (Å²) in [7, 11) is 0. The molecule has 2 N–H and O–H groups in total. The van der Waals surface area contributed by atoms with Crippen LogP contribution >= 0.6 is 0 Å². The van der Waals surface area contributed by atoms with Gasteiger partial charge in [0.25, 0.3) is 0 Å². The Kier molecular flexibility index (Phi) is 8.38. The van der Waals surface area contributed by atoms with Gasteiger partial charge in [-0.1, -0.05) is 13.0 Å². The van der Waals surface area contributed by atoms with Crippen molar-refractivity contribution in [1.29, 1.82) is 0 Å². The maximum absolute atomic E-state index is 11.0. The lowest BCUT2D eigenvalue weighted by molar-refractivity contribution is -0.385. The van der Waals surface area contributed by atoms with Crippen molar-refractivity contribution >= 4 is 5.69 Å². The topological polar surface area (TPSA) is 84.6 Å². The molecule has 0 saturated carbocycles. The number of nitro groups is 1. The van der Waals surface area contributed by atoms with Gasteiger partial charge in [0.15, 0.2) is 5.75 Å². The first-order valence-corrected chi connectivity index (χ1v) is 7.40. The molecule has 0 aliphatic heterocycles. The van der Waals surface area contributed by atoms with Crippen molar-refractivity contribution in [2.75, 3.05) is 19.8 Å². The van der Waals surface area contributed by atoms with E-state index >= 15 is 0 Å². The molecule has 0 aliphatic carbocycles. The predicted octanol–water partition coefficient (Wildman–Crippen LogP) is 2.64. The zero-order valence-electron chi connectivity index (χ0n) is 12.5. The van der Waals surface area contributed by atoms with Crippen molar-refractivity contribution in [1.82, 2.24) is 5.32 Å². The van der Waals surface area contributed by atoms with Gasteiger partial charge < -0.3 is 15.2 Å². The molecule has 0 aromatic heterocycles. The highest BCUT2D eigenvalue weighted by Gasteiger charge is 2.15. The Morgan fingerprint density at radius 3 is 2.81 bits per heavy atom. The molecule has 21 heavy (non-hydrogen) atoms. The van der Waals surface area contributed by atoms with Crippen LogP contribution in [-0.4, -0.2) is 29.8 Å². The highest BCUT2D eigenvalue weighted by Crippen LogP contribution is 2.28. The number of nitro benzene ring substituents is 1.